The maximum atomic E-state index is 13.3. The highest BCUT2D eigenvalue weighted by Gasteiger charge is 2.60. The number of hydrogen-bond donors (Lipinski definition) is 0. The van der Waals surface area contributed by atoms with Crippen LogP contribution >= 0.6 is 11.8 Å². The Morgan fingerprint density at radius 3 is 2.42 bits per heavy atom. The lowest BCUT2D eigenvalue weighted by Gasteiger charge is -2.45. The summed E-state index contributed by atoms with van der Waals surface area (Å²) in [5.74, 6) is -2.35. The molecular weight excluding hydrogens is 508 g/mol. The van der Waals surface area contributed by atoms with E-state index in [4.69, 9.17) is 9.47 Å². The molecule has 2 aliphatic heterocycles. The van der Waals surface area contributed by atoms with Gasteiger partial charge < -0.3 is 9.47 Å². The number of amides is 1. The maximum Gasteiger partial charge on any atom is 0.357 e. The SMILES string of the molecule is CCS(=O)C1=C(C(=O)OCc2ccc([N+](=O)[O-])cc2)N2C(=O)C(C(OC(C)=O)c3ccccc3)[C@H]2S1. The Kier molecular flexibility index (Phi) is 7.55. The molecule has 36 heavy (non-hydrogen) atoms. The second-order valence-electron chi connectivity index (χ2n) is 7.95. The molecule has 12 heteroatoms. The second kappa shape index (κ2) is 10.6. The highest BCUT2D eigenvalue weighted by Crippen LogP contribution is 2.54. The van der Waals surface area contributed by atoms with Gasteiger partial charge in [-0.15, -0.1) is 0 Å². The predicted molar refractivity (Wildman–Crippen MR) is 131 cm³/mol. The van der Waals surface area contributed by atoms with Crippen molar-refractivity contribution < 1.29 is 33.0 Å². The van der Waals surface area contributed by atoms with Crippen LogP contribution in [0.5, 0.6) is 0 Å². The number of nitro benzene ring substituents is 1. The lowest BCUT2D eigenvalue weighted by molar-refractivity contribution is -0.384. The van der Waals surface area contributed by atoms with Crippen molar-refractivity contribution in [3.8, 4) is 0 Å². The Bertz CT molecular complexity index is 1260. The molecule has 0 saturated carbocycles. The van der Waals surface area contributed by atoms with Crippen LogP contribution in [-0.4, -0.2) is 43.0 Å². The largest absolute Gasteiger partial charge is 0.457 e. The molecule has 0 aliphatic carbocycles. The van der Waals surface area contributed by atoms with Gasteiger partial charge in [0.15, 0.2) is 5.70 Å². The number of non-ortho nitro benzene ring substituents is 1. The lowest BCUT2D eigenvalue weighted by atomic mass is 9.87. The van der Waals surface area contributed by atoms with E-state index in [1.54, 1.807) is 37.3 Å². The number of esters is 2. The summed E-state index contributed by atoms with van der Waals surface area (Å²) in [4.78, 5) is 49.7. The highest BCUT2D eigenvalue weighted by molar-refractivity contribution is 8.17. The molecule has 4 rings (SSSR count). The molecule has 0 N–H and O–H groups in total. The van der Waals surface area contributed by atoms with Gasteiger partial charge in [0.05, 0.1) is 15.7 Å². The zero-order valence-corrected chi connectivity index (χ0v) is 21.0. The van der Waals surface area contributed by atoms with Gasteiger partial charge in [0.1, 0.15) is 28.2 Å². The molecule has 4 atom stereocenters. The summed E-state index contributed by atoms with van der Waals surface area (Å²) >= 11 is 1.14. The Morgan fingerprint density at radius 2 is 1.83 bits per heavy atom. The first-order chi connectivity index (χ1) is 17.2. The number of ether oxygens (including phenoxy) is 2. The minimum atomic E-state index is -1.54. The minimum Gasteiger partial charge on any atom is -0.457 e. The van der Waals surface area contributed by atoms with Gasteiger partial charge in [-0.2, -0.15) is 0 Å². The summed E-state index contributed by atoms with van der Waals surface area (Å²) < 4.78 is 23.9. The Hall–Kier alpha value is -3.51. The summed E-state index contributed by atoms with van der Waals surface area (Å²) in [5, 5.41) is 10.2. The Morgan fingerprint density at radius 1 is 1.17 bits per heavy atom. The van der Waals surface area contributed by atoms with Crippen LogP contribution in [0.4, 0.5) is 5.69 Å². The summed E-state index contributed by atoms with van der Waals surface area (Å²) in [5.41, 5.74) is 0.977. The number of nitro groups is 1. The van der Waals surface area contributed by atoms with E-state index in [2.05, 4.69) is 0 Å². The highest BCUT2D eigenvalue weighted by atomic mass is 32.2. The molecule has 1 fully saturated rings. The quantitative estimate of drug-likeness (QED) is 0.207. The second-order valence-corrected chi connectivity index (χ2v) is 11.0. The van der Waals surface area contributed by atoms with Gasteiger partial charge in [-0.25, -0.2) is 4.79 Å². The van der Waals surface area contributed by atoms with Crippen LogP contribution in [0.25, 0.3) is 0 Å². The van der Waals surface area contributed by atoms with Crippen molar-refractivity contribution in [2.45, 2.75) is 31.9 Å². The third kappa shape index (κ3) is 4.91. The smallest absolute Gasteiger partial charge is 0.357 e. The fraction of sp³-hybridized carbons (Fsp3) is 0.292. The van der Waals surface area contributed by atoms with E-state index in [1.165, 1.54) is 36.1 Å². The molecule has 3 unspecified atom stereocenters. The molecule has 10 nitrogen and oxygen atoms in total. The van der Waals surface area contributed by atoms with Crippen molar-refractivity contribution >= 4 is 46.1 Å². The number of benzene rings is 2. The van der Waals surface area contributed by atoms with Crippen LogP contribution in [0.3, 0.4) is 0 Å². The molecule has 1 saturated heterocycles. The summed E-state index contributed by atoms with van der Waals surface area (Å²) in [7, 11) is -1.54. The van der Waals surface area contributed by atoms with E-state index >= 15 is 0 Å². The molecular formula is C24H22N2O8S2. The van der Waals surface area contributed by atoms with E-state index in [9.17, 15) is 28.7 Å². The molecule has 2 aromatic rings. The van der Waals surface area contributed by atoms with Crippen molar-refractivity contribution in [1.82, 2.24) is 4.90 Å². The normalized spacial score (nSPS) is 20.3. The number of thioether (sulfide) groups is 1. The van der Waals surface area contributed by atoms with Crippen LogP contribution in [0, 0.1) is 16.0 Å². The van der Waals surface area contributed by atoms with Gasteiger partial charge in [-0.3, -0.25) is 28.8 Å². The third-order valence-corrected chi connectivity index (χ3v) is 8.80. The van der Waals surface area contributed by atoms with Gasteiger partial charge in [0.2, 0.25) is 5.91 Å². The first kappa shape index (κ1) is 25.6. The van der Waals surface area contributed by atoms with E-state index in [-0.39, 0.29) is 28.0 Å². The lowest BCUT2D eigenvalue weighted by Crippen LogP contribution is -2.59. The average molecular weight is 531 g/mol. The van der Waals surface area contributed by atoms with Crippen molar-refractivity contribution in [3.05, 3.63) is 85.8 Å². The van der Waals surface area contributed by atoms with Gasteiger partial charge >= 0.3 is 11.9 Å². The van der Waals surface area contributed by atoms with Crippen molar-refractivity contribution in [2.75, 3.05) is 5.75 Å². The maximum absolute atomic E-state index is 13.3. The van der Waals surface area contributed by atoms with Crippen LogP contribution < -0.4 is 0 Å². The topological polar surface area (TPSA) is 133 Å². The van der Waals surface area contributed by atoms with E-state index in [0.717, 1.165) is 11.8 Å². The van der Waals surface area contributed by atoms with Crippen LogP contribution in [0.1, 0.15) is 31.1 Å². The van der Waals surface area contributed by atoms with Crippen molar-refractivity contribution in [2.24, 2.45) is 5.92 Å². The molecule has 1 amide bonds. The van der Waals surface area contributed by atoms with Crippen LogP contribution in [0.2, 0.25) is 0 Å². The zero-order chi connectivity index (χ0) is 26.0. The van der Waals surface area contributed by atoms with Gasteiger partial charge in [-0.1, -0.05) is 49.0 Å². The number of fused-ring (bicyclic) bond motifs is 1. The fourth-order valence-electron chi connectivity index (χ4n) is 3.97. The van der Waals surface area contributed by atoms with E-state index in [1.807, 2.05) is 0 Å². The number of β-lactam (4-membered cyclic amide) rings is 1. The molecule has 2 aliphatic rings. The minimum absolute atomic E-state index is 0.0806. The molecule has 0 bridgehead atoms. The molecule has 0 aromatic heterocycles. The Labute approximate surface area is 213 Å². The standard InChI is InChI=1S/C24H22N2O8S2/c1-3-36(32)24-19(23(29)33-13-15-9-11-17(12-10-15)26(30)31)25-21(28)18(22(25)35-24)20(34-14(2)27)16-7-5-4-6-8-16/h4-12,18,20,22H,3,13H2,1-2H3/t18?,20?,22-,36?/m1/s1. The summed E-state index contributed by atoms with van der Waals surface area (Å²) in [6.45, 7) is 2.77. The Balaban J connectivity index is 1.56. The van der Waals surface area contributed by atoms with Gasteiger partial charge in [-0.05, 0) is 23.3 Å². The van der Waals surface area contributed by atoms with E-state index < -0.39 is 51.0 Å². The van der Waals surface area contributed by atoms with Crippen LogP contribution in [-0.2, 0) is 41.3 Å². The van der Waals surface area contributed by atoms with E-state index in [0.29, 0.717) is 11.1 Å². The number of hydrogen-bond acceptors (Lipinski definition) is 9. The fourth-order valence-corrected chi connectivity index (χ4v) is 6.94. The first-order valence-corrected chi connectivity index (χ1v) is 13.2. The van der Waals surface area contributed by atoms with Gasteiger partial charge in [0.25, 0.3) is 5.69 Å². The number of nitrogens with zero attached hydrogens (tertiary/aromatic N) is 2. The van der Waals surface area contributed by atoms with Crippen molar-refractivity contribution in [1.29, 1.82) is 0 Å². The molecule has 0 spiro atoms. The number of rotatable bonds is 9. The monoisotopic (exact) mass is 530 g/mol. The average Bonchev–Trinajstić information content (AvgIpc) is 3.22. The number of carbonyl (C=O) groups is 3. The first-order valence-electron chi connectivity index (χ1n) is 11.0. The zero-order valence-electron chi connectivity index (χ0n) is 19.3. The summed E-state index contributed by atoms with van der Waals surface area (Å²) in [6, 6.07) is 14.4. The van der Waals surface area contributed by atoms with Crippen molar-refractivity contribution in [3.63, 3.8) is 0 Å². The number of carbonyl (C=O) groups excluding carboxylic acids is 3. The third-order valence-electron chi connectivity index (χ3n) is 5.67. The van der Waals surface area contributed by atoms with Crippen LogP contribution in [0.15, 0.2) is 64.5 Å². The van der Waals surface area contributed by atoms with Gasteiger partial charge in [0, 0.05) is 24.8 Å². The molecule has 2 heterocycles. The molecule has 2 aromatic carbocycles. The molecule has 188 valence electrons. The molecule has 0 radical (unpaired) electrons. The summed E-state index contributed by atoms with van der Waals surface area (Å²) in [6.07, 6.45) is -0.864. The predicted octanol–water partition coefficient (Wildman–Crippen LogP) is 3.41.